The van der Waals surface area contributed by atoms with Crippen molar-refractivity contribution in [3.8, 4) is 0 Å². The highest BCUT2D eigenvalue weighted by Crippen LogP contribution is 2.39. The normalized spacial score (nSPS) is 23.6. The number of barbiturate groups is 1. The van der Waals surface area contributed by atoms with Crippen LogP contribution in [0.3, 0.4) is 0 Å². The van der Waals surface area contributed by atoms with Gasteiger partial charge in [0, 0.05) is 70.1 Å². The van der Waals surface area contributed by atoms with E-state index in [9.17, 15) is 29.3 Å². The van der Waals surface area contributed by atoms with Crippen LogP contribution >= 0.6 is 0 Å². The number of hydrogen-bond donors (Lipinski definition) is 0. The first-order valence-electron chi connectivity index (χ1n) is 11.9. The second-order valence-corrected chi connectivity index (χ2v) is 10.1. The van der Waals surface area contributed by atoms with Crippen molar-refractivity contribution in [1.29, 1.82) is 0 Å². The summed E-state index contributed by atoms with van der Waals surface area (Å²) in [6.45, 7) is 1.87. The summed E-state index contributed by atoms with van der Waals surface area (Å²) in [5.41, 5.74) is -0.123. The molecule has 3 aliphatic rings. The van der Waals surface area contributed by atoms with Crippen molar-refractivity contribution < 1.29 is 19.3 Å². The van der Waals surface area contributed by atoms with Gasteiger partial charge < -0.3 is 9.47 Å². The number of piperidine rings is 1. The van der Waals surface area contributed by atoms with E-state index in [2.05, 4.69) is 4.90 Å². The number of amides is 4. The SMILES string of the molecule is CN1C(=O)N(C)C(=O)C(Cc2ccc([N+](=O)[O-])cc2)(CN2CC3C[C@@H](C2)c2cccc(=O)n2C3)C1=O. The summed E-state index contributed by atoms with van der Waals surface area (Å²) >= 11 is 0. The molecule has 0 aliphatic carbocycles. The number of benzene rings is 1. The van der Waals surface area contributed by atoms with Crippen LogP contribution in [0.5, 0.6) is 0 Å². The van der Waals surface area contributed by atoms with Gasteiger partial charge in [-0.3, -0.25) is 34.3 Å². The van der Waals surface area contributed by atoms with Crippen molar-refractivity contribution in [2.24, 2.45) is 11.3 Å². The van der Waals surface area contributed by atoms with Crippen LogP contribution in [0.4, 0.5) is 10.5 Å². The zero-order chi connectivity index (χ0) is 25.8. The number of nitro benzene ring substituents is 1. The van der Waals surface area contributed by atoms with Crippen LogP contribution in [0, 0.1) is 21.4 Å². The van der Waals surface area contributed by atoms with E-state index in [1.54, 1.807) is 24.3 Å². The van der Waals surface area contributed by atoms with Gasteiger partial charge in [0.1, 0.15) is 5.41 Å². The molecule has 0 saturated carbocycles. The van der Waals surface area contributed by atoms with Crippen molar-refractivity contribution in [2.45, 2.75) is 25.3 Å². The zero-order valence-electron chi connectivity index (χ0n) is 20.1. The first kappa shape index (κ1) is 23.9. The highest BCUT2D eigenvalue weighted by molar-refractivity contribution is 6.19. The minimum atomic E-state index is -1.56. The Morgan fingerprint density at radius 2 is 1.61 bits per heavy atom. The van der Waals surface area contributed by atoms with Gasteiger partial charge in [0.2, 0.25) is 11.8 Å². The maximum atomic E-state index is 13.6. The Balaban J connectivity index is 1.49. The Morgan fingerprint density at radius 1 is 0.944 bits per heavy atom. The second-order valence-electron chi connectivity index (χ2n) is 10.1. The van der Waals surface area contributed by atoms with Crippen molar-refractivity contribution >= 4 is 23.5 Å². The van der Waals surface area contributed by atoms with Gasteiger partial charge in [-0.25, -0.2) is 4.79 Å². The molecule has 3 aliphatic heterocycles. The molecule has 188 valence electrons. The first-order chi connectivity index (χ1) is 17.1. The number of imide groups is 2. The molecule has 0 spiro atoms. The molecule has 11 heteroatoms. The number of aromatic nitrogens is 1. The average molecular weight is 494 g/mol. The number of nitrogens with zero attached hydrogens (tertiary/aromatic N) is 5. The maximum absolute atomic E-state index is 13.6. The van der Waals surface area contributed by atoms with Crippen LogP contribution in [0.1, 0.15) is 23.6 Å². The van der Waals surface area contributed by atoms with E-state index < -0.39 is 28.2 Å². The van der Waals surface area contributed by atoms with E-state index in [1.165, 1.54) is 26.2 Å². The zero-order valence-corrected chi connectivity index (χ0v) is 20.1. The van der Waals surface area contributed by atoms with Crippen LogP contribution in [-0.2, 0) is 22.6 Å². The number of hydrogen-bond acceptors (Lipinski definition) is 7. The average Bonchev–Trinajstić information content (AvgIpc) is 2.86. The van der Waals surface area contributed by atoms with Crippen LogP contribution in [0.2, 0.25) is 0 Å². The number of urea groups is 1. The smallest absolute Gasteiger partial charge is 0.312 e. The molecule has 11 nitrogen and oxygen atoms in total. The maximum Gasteiger partial charge on any atom is 0.332 e. The summed E-state index contributed by atoms with van der Waals surface area (Å²) in [5.74, 6) is -0.880. The van der Waals surface area contributed by atoms with Gasteiger partial charge in [0.05, 0.1) is 4.92 Å². The molecule has 0 radical (unpaired) electrons. The van der Waals surface area contributed by atoms with E-state index in [1.807, 2.05) is 10.6 Å². The summed E-state index contributed by atoms with van der Waals surface area (Å²) in [5, 5.41) is 11.1. The lowest BCUT2D eigenvalue weighted by Gasteiger charge is -2.48. The monoisotopic (exact) mass is 493 g/mol. The van der Waals surface area contributed by atoms with E-state index in [0.29, 0.717) is 25.2 Å². The highest BCUT2D eigenvalue weighted by atomic mass is 16.6. The first-order valence-corrected chi connectivity index (χ1v) is 11.9. The summed E-state index contributed by atoms with van der Waals surface area (Å²) in [6.07, 6.45) is 0.933. The lowest BCUT2D eigenvalue weighted by molar-refractivity contribution is -0.384. The molecule has 2 atom stereocenters. The van der Waals surface area contributed by atoms with Gasteiger partial charge in [-0.1, -0.05) is 18.2 Å². The largest absolute Gasteiger partial charge is 0.332 e. The fourth-order valence-corrected chi connectivity index (χ4v) is 6.07. The molecule has 1 unspecified atom stereocenters. The number of likely N-dealkylation sites (tertiary alicyclic amines) is 1. The van der Waals surface area contributed by atoms with Crippen LogP contribution in [-0.4, -0.2) is 75.8 Å². The van der Waals surface area contributed by atoms with Gasteiger partial charge in [0.25, 0.3) is 11.2 Å². The van der Waals surface area contributed by atoms with E-state index in [0.717, 1.165) is 21.9 Å². The molecule has 5 rings (SSSR count). The standard InChI is InChI=1S/C25H27N5O6/c1-26-22(32)25(23(33)27(2)24(26)34,11-16-6-8-19(9-7-16)30(35)36)15-28-12-17-10-18(14-28)20-4-3-5-21(31)29(20)13-17/h3-9,17-18H,10-15H2,1-2H3/t17?,18-/m0/s1. The van der Waals surface area contributed by atoms with Gasteiger partial charge in [-0.2, -0.15) is 0 Å². The molecule has 2 saturated heterocycles. The molecule has 0 N–H and O–H groups in total. The molecule has 4 amide bonds. The topological polar surface area (TPSA) is 126 Å². The Hall–Kier alpha value is -3.86. The second kappa shape index (κ2) is 8.66. The Morgan fingerprint density at radius 3 is 2.25 bits per heavy atom. The molecule has 1 aromatic heterocycles. The lowest BCUT2D eigenvalue weighted by Crippen LogP contribution is -2.67. The molecular weight excluding hydrogens is 466 g/mol. The Bertz CT molecular complexity index is 1290. The summed E-state index contributed by atoms with van der Waals surface area (Å²) in [4.78, 5) is 66.8. The minimum Gasteiger partial charge on any atom is -0.312 e. The number of carbonyl (C=O) groups is 3. The summed E-state index contributed by atoms with van der Waals surface area (Å²) in [6, 6.07) is 10.4. The predicted octanol–water partition coefficient (Wildman–Crippen LogP) is 1.46. The molecule has 2 aromatic rings. The van der Waals surface area contributed by atoms with Crippen LogP contribution in [0.15, 0.2) is 47.3 Å². The van der Waals surface area contributed by atoms with E-state index in [-0.39, 0.29) is 36.0 Å². The van der Waals surface area contributed by atoms with Crippen LogP contribution in [0.25, 0.3) is 0 Å². The quantitative estimate of drug-likeness (QED) is 0.351. The Kier molecular flexibility index (Phi) is 5.74. The van der Waals surface area contributed by atoms with Crippen molar-refractivity contribution in [3.63, 3.8) is 0 Å². The third kappa shape index (κ3) is 3.79. The van der Waals surface area contributed by atoms with E-state index in [4.69, 9.17) is 0 Å². The molecule has 4 heterocycles. The van der Waals surface area contributed by atoms with Gasteiger partial charge in [-0.15, -0.1) is 0 Å². The molecule has 1 aromatic carbocycles. The van der Waals surface area contributed by atoms with Crippen LogP contribution < -0.4 is 5.56 Å². The number of pyridine rings is 1. The fourth-order valence-electron chi connectivity index (χ4n) is 6.07. The number of rotatable bonds is 5. The summed E-state index contributed by atoms with van der Waals surface area (Å²) < 4.78 is 1.82. The fraction of sp³-hybridized carbons (Fsp3) is 0.440. The van der Waals surface area contributed by atoms with E-state index >= 15 is 0 Å². The third-order valence-electron chi connectivity index (χ3n) is 7.70. The number of fused-ring (bicyclic) bond motifs is 4. The number of non-ortho nitro benzene ring substituents is 1. The highest BCUT2D eigenvalue weighted by Gasteiger charge is 2.56. The molecule has 2 bridgehead atoms. The van der Waals surface area contributed by atoms with Crippen molar-refractivity contribution in [1.82, 2.24) is 19.3 Å². The minimum absolute atomic E-state index is 0.00645. The van der Waals surface area contributed by atoms with Gasteiger partial charge in [0.15, 0.2) is 0 Å². The number of carbonyl (C=O) groups excluding carboxylic acids is 3. The van der Waals surface area contributed by atoms with Crippen molar-refractivity contribution in [3.05, 3.63) is 74.2 Å². The molecular formula is C25H27N5O6. The number of nitro groups is 1. The molecule has 2 fully saturated rings. The van der Waals surface area contributed by atoms with Crippen molar-refractivity contribution in [2.75, 3.05) is 33.7 Å². The Labute approximate surface area is 207 Å². The predicted molar refractivity (Wildman–Crippen MR) is 128 cm³/mol. The van der Waals surface area contributed by atoms with Gasteiger partial charge in [-0.05, 0) is 30.4 Å². The lowest BCUT2D eigenvalue weighted by atomic mass is 9.75. The summed E-state index contributed by atoms with van der Waals surface area (Å²) in [7, 11) is 2.73. The van der Waals surface area contributed by atoms with Gasteiger partial charge >= 0.3 is 6.03 Å². The molecule has 36 heavy (non-hydrogen) atoms. The third-order valence-corrected chi connectivity index (χ3v) is 7.70.